The second-order valence-electron chi connectivity index (χ2n) is 29.4. The molecule has 0 aromatic heterocycles. The zero-order valence-corrected chi connectivity index (χ0v) is 66.4. The average Bonchev–Trinajstić information content (AvgIpc) is 0.808. The van der Waals surface area contributed by atoms with Gasteiger partial charge < -0.3 is 111 Å². The topological polar surface area (TPSA) is 461 Å². The molecule has 0 aliphatic carbocycles. The average molecular weight is 1580 g/mol. The number of nitrogens with one attached hydrogen (secondary N) is 4. The third-order valence-electron chi connectivity index (χ3n) is 19.3. The van der Waals surface area contributed by atoms with Crippen LogP contribution in [0.15, 0.2) is 212 Å². The van der Waals surface area contributed by atoms with Crippen molar-refractivity contribution in [3.63, 3.8) is 0 Å². The van der Waals surface area contributed by atoms with Crippen molar-refractivity contribution < 1.29 is 68.4 Å². The largest absolute Gasteiger partial charge is 0.507 e. The number of aromatic hydroxyl groups is 6. The van der Waals surface area contributed by atoms with E-state index in [1.165, 1.54) is 74.0 Å². The molecule has 24 N–H and O–H groups in total. The summed E-state index contributed by atoms with van der Waals surface area (Å²) >= 11 is 0. The number of phenolic OH excluding ortho intramolecular Hbond substituents is 6. The number of nitrogens with zero attached hydrogens (tertiary/aromatic N) is 4. The lowest BCUT2D eigenvalue weighted by atomic mass is 10.1. The Morgan fingerprint density at radius 3 is 1.10 bits per heavy atom. The zero-order valence-electron chi connectivity index (χ0n) is 66.4. The molecule has 11 aromatic rings. The van der Waals surface area contributed by atoms with E-state index in [4.69, 9.17) is 40.1 Å². The smallest absolute Gasteiger partial charge is 0.259 e. The minimum absolute atomic E-state index is 0.0403. The lowest BCUT2D eigenvalue weighted by molar-refractivity contribution is -0.913. The molecule has 0 spiro atoms. The van der Waals surface area contributed by atoms with Crippen LogP contribution in [0.3, 0.4) is 0 Å². The second-order valence-corrected chi connectivity index (χ2v) is 29.4. The number of benzene rings is 11. The number of amides is 6. The van der Waals surface area contributed by atoms with Gasteiger partial charge in [0, 0.05) is 67.9 Å². The molecule has 27 nitrogen and oxygen atoms in total. The standard InChI is InChI=1S/C17H27N3O2.C17H14N2O2.C14H21N3O2.2C14H14N2O2.C13H13N3O2/c1-4-5-8-20(3)9-6-19(7-10-20)17(22)15-12-14(18)11-13(2)16(15)21;18-12-8-9-16(20)14(10-12)17(21)19-15-7-3-5-11-4-1-2-6-13(11)15;1-10-8-11(15)9-12(13(10)18)14(19)16-4-6-17(2,3)7-5-16;2*1-9-3-2-4-11(7-9)16-14(18)12-8-10(15)5-6-13(12)17;14-8-1-4-10(5-2-8)16-13(18)11-7-9(15)3-6-12(11)17/h11-12H,4-10,18H2,1-3H3;1-10,20H,18H2,(H,19,21);8-9H,4-7,15H2,1-3H3;2*2-8,17H,15H2,1H3,(H,16,18);1-7,17H,14-15H2,(H,16,18)/p+2. The van der Waals surface area contributed by atoms with Crippen molar-refractivity contribution in [2.45, 2.75) is 47.5 Å². The van der Waals surface area contributed by atoms with Crippen molar-refractivity contribution in [1.82, 2.24) is 9.80 Å². The third kappa shape index (κ3) is 24.9. The van der Waals surface area contributed by atoms with Gasteiger partial charge in [-0.1, -0.05) is 74.0 Å². The van der Waals surface area contributed by atoms with E-state index in [1.54, 1.807) is 97.6 Å². The number of phenols is 6. The van der Waals surface area contributed by atoms with Crippen molar-refractivity contribution >= 4 is 109 Å². The van der Waals surface area contributed by atoms with Crippen LogP contribution in [0.2, 0.25) is 0 Å². The Hall–Kier alpha value is -14.2. The first-order chi connectivity index (χ1) is 55.0. The monoisotopic (exact) mass is 1580 g/mol. The van der Waals surface area contributed by atoms with Crippen LogP contribution >= 0.6 is 0 Å². The number of carbonyl (C=O) groups is 6. The molecule has 2 heterocycles. The summed E-state index contributed by atoms with van der Waals surface area (Å²) in [6.45, 7) is 17.4. The Balaban J connectivity index is 0.000000174. The molecule has 0 bridgehead atoms. The second kappa shape index (κ2) is 39.8. The Labute approximate surface area is 675 Å². The van der Waals surface area contributed by atoms with Crippen LogP contribution in [0.5, 0.6) is 34.5 Å². The first-order valence-electron chi connectivity index (χ1n) is 37.5. The first-order valence-corrected chi connectivity index (χ1v) is 37.5. The molecule has 2 aliphatic heterocycles. The van der Waals surface area contributed by atoms with Gasteiger partial charge in [0.05, 0.1) is 113 Å². The highest BCUT2D eigenvalue weighted by molar-refractivity contribution is 6.11. The highest BCUT2D eigenvalue weighted by atomic mass is 16.3. The molecule has 27 heteroatoms. The molecule has 0 unspecified atom stereocenters. The number of carbonyl (C=O) groups excluding carboxylic acids is 6. The van der Waals surface area contributed by atoms with Gasteiger partial charge in [-0.25, -0.2) is 0 Å². The number of hydrogen-bond acceptors (Lipinski definition) is 19. The van der Waals surface area contributed by atoms with E-state index < -0.39 is 11.8 Å². The van der Waals surface area contributed by atoms with Gasteiger partial charge in [0.1, 0.15) is 34.5 Å². The van der Waals surface area contributed by atoms with Crippen LogP contribution in [-0.2, 0) is 0 Å². The fourth-order valence-electron chi connectivity index (χ4n) is 12.5. The van der Waals surface area contributed by atoms with Gasteiger partial charge in [0.2, 0.25) is 0 Å². The number of hydrogen-bond donors (Lipinski definition) is 17. The Morgan fingerprint density at radius 1 is 0.362 bits per heavy atom. The third-order valence-corrected chi connectivity index (χ3v) is 19.3. The van der Waals surface area contributed by atoms with Gasteiger partial charge in [-0.15, -0.1) is 0 Å². The van der Waals surface area contributed by atoms with Gasteiger partial charge in [0.25, 0.3) is 35.4 Å². The number of rotatable bonds is 13. The van der Waals surface area contributed by atoms with E-state index in [0.29, 0.717) is 97.9 Å². The molecule has 0 atom stereocenters. The maximum Gasteiger partial charge on any atom is 0.259 e. The van der Waals surface area contributed by atoms with E-state index in [9.17, 15) is 59.4 Å². The lowest BCUT2D eigenvalue weighted by Gasteiger charge is -2.42. The Kier molecular flexibility index (Phi) is 30.0. The van der Waals surface area contributed by atoms with Crippen molar-refractivity contribution in [2.75, 3.05) is 141 Å². The summed E-state index contributed by atoms with van der Waals surface area (Å²) in [5, 5.41) is 71.6. The van der Waals surface area contributed by atoms with Crippen molar-refractivity contribution in [1.29, 1.82) is 0 Å². The lowest BCUT2D eigenvalue weighted by Crippen LogP contribution is -2.58. The molecule has 0 radical (unpaired) electrons. The van der Waals surface area contributed by atoms with E-state index in [-0.39, 0.29) is 80.4 Å². The molecule has 0 saturated carbocycles. The quantitative estimate of drug-likeness (QED) is 0.0290. The van der Waals surface area contributed by atoms with Crippen molar-refractivity contribution in [2.24, 2.45) is 0 Å². The number of fused-ring (bicyclic) bond motifs is 1. The van der Waals surface area contributed by atoms with Crippen molar-refractivity contribution in [3.05, 3.63) is 268 Å². The van der Waals surface area contributed by atoms with E-state index in [1.807, 2.05) is 97.6 Å². The molecule has 11 aromatic carbocycles. The van der Waals surface area contributed by atoms with Crippen LogP contribution in [0.25, 0.3) is 10.8 Å². The SMILES string of the molecule is CCCC[N+]1(C)CCN(C(=O)c2cc(N)cc(C)c2O)CC1.Cc1cc(N)cc(C(=O)N2CC[N+](C)(C)CC2)c1O.Cc1cccc(NC(=O)c2cc(N)ccc2O)c1.Cc1cccc(NC(=O)c2cc(N)ccc2O)c1.Nc1ccc(NC(=O)c2cc(N)ccc2O)cc1.Nc1ccc(O)c(C(=O)Nc2cccc3ccccc23)c1. The first kappa shape index (κ1) is 87.4. The molecular formula is C89H105N15O12+2. The number of quaternary nitrogens is 2. The summed E-state index contributed by atoms with van der Waals surface area (Å²) in [7, 11) is 6.58. The van der Waals surface area contributed by atoms with Crippen LogP contribution in [-0.4, -0.2) is 165 Å². The minimum Gasteiger partial charge on any atom is -0.507 e. The van der Waals surface area contributed by atoms with Gasteiger partial charge >= 0.3 is 0 Å². The number of anilines is 11. The molecule has 6 amide bonds. The van der Waals surface area contributed by atoms with Crippen LogP contribution in [0.4, 0.5) is 62.6 Å². The van der Waals surface area contributed by atoms with Gasteiger partial charge in [-0.05, 0) is 213 Å². The summed E-state index contributed by atoms with van der Waals surface area (Å²) in [5.74, 6) is -2.13. The van der Waals surface area contributed by atoms with Gasteiger partial charge in [-0.3, -0.25) is 28.8 Å². The summed E-state index contributed by atoms with van der Waals surface area (Å²) in [4.78, 5) is 76.9. The summed E-state index contributed by atoms with van der Waals surface area (Å²) in [6, 6.07) is 59.0. The Morgan fingerprint density at radius 2 is 0.707 bits per heavy atom. The summed E-state index contributed by atoms with van der Waals surface area (Å²) in [6.07, 6.45) is 2.42. The highest BCUT2D eigenvalue weighted by Gasteiger charge is 2.33. The molecular weight excluding hydrogens is 1470 g/mol. The number of nitrogen functional groups attached to an aromatic ring is 7. The number of likely N-dealkylation sites (N-methyl/N-ethyl adjacent to an activating group) is 2. The predicted octanol–water partition coefficient (Wildman–Crippen LogP) is 13.1. The van der Waals surface area contributed by atoms with Crippen molar-refractivity contribution in [3.8, 4) is 34.5 Å². The minimum atomic E-state index is -0.426. The zero-order chi connectivity index (χ0) is 84.7. The molecule has 2 aliphatic rings. The molecule has 13 rings (SSSR count). The number of aryl methyl sites for hydroxylation is 4. The van der Waals surface area contributed by atoms with E-state index in [0.717, 1.165) is 70.1 Å². The van der Waals surface area contributed by atoms with Gasteiger partial charge in [0.15, 0.2) is 0 Å². The van der Waals surface area contributed by atoms with Gasteiger partial charge in [-0.2, -0.15) is 0 Å². The maximum atomic E-state index is 12.7. The summed E-state index contributed by atoms with van der Waals surface area (Å²) in [5.41, 5.74) is 50.1. The van der Waals surface area contributed by atoms with Crippen LogP contribution in [0.1, 0.15) is 104 Å². The number of piperazine rings is 2. The van der Waals surface area contributed by atoms with Crippen LogP contribution in [0, 0.1) is 27.7 Å². The maximum absolute atomic E-state index is 12.7. The summed E-state index contributed by atoms with van der Waals surface area (Å²) < 4.78 is 1.95. The highest BCUT2D eigenvalue weighted by Crippen LogP contribution is 2.32. The number of nitrogens with two attached hydrogens (primary N) is 7. The molecule has 2 fully saturated rings. The predicted molar refractivity (Wildman–Crippen MR) is 463 cm³/mol. The van der Waals surface area contributed by atoms with Crippen LogP contribution < -0.4 is 61.4 Å². The normalized spacial score (nSPS) is 12.9. The van der Waals surface area contributed by atoms with E-state index >= 15 is 0 Å². The Bertz CT molecular complexity index is 5220. The number of unbranched alkanes of at least 4 members (excludes halogenated alkanes) is 1. The fourth-order valence-corrected chi connectivity index (χ4v) is 12.5. The fraction of sp³-hybridized carbons (Fsp3) is 0.213. The molecule has 606 valence electrons. The molecule has 2 saturated heterocycles. The molecule has 116 heavy (non-hydrogen) atoms. The van der Waals surface area contributed by atoms with E-state index in [2.05, 4.69) is 49.3 Å².